The van der Waals surface area contributed by atoms with Gasteiger partial charge in [0.05, 0.1) is 25.2 Å². The van der Waals surface area contributed by atoms with Crippen LogP contribution >= 0.6 is 11.6 Å². The number of rotatable bonds is 6. The van der Waals surface area contributed by atoms with Gasteiger partial charge in [0.15, 0.2) is 6.10 Å². The monoisotopic (exact) mass is 301 g/mol. The number of halogens is 1. The maximum absolute atomic E-state index is 11.6. The van der Waals surface area contributed by atoms with Gasteiger partial charge < -0.3 is 20.1 Å². The van der Waals surface area contributed by atoms with Crippen molar-refractivity contribution in [3.05, 3.63) is 23.4 Å². The number of carbonyl (C=O) groups excluding carboxylic acids is 2. The molecule has 0 spiro atoms. The number of anilines is 1. The molecule has 0 saturated heterocycles. The minimum absolute atomic E-state index is 0.0303. The Bertz CT molecular complexity index is 466. The molecule has 0 saturated carbocycles. The second kappa shape index (κ2) is 7.66. The molecule has 0 bridgehead atoms. The number of nitrogens with one attached hydrogen (secondary N) is 1. The Morgan fingerprint density at radius 3 is 2.80 bits per heavy atom. The molecular weight excluding hydrogens is 286 g/mol. The van der Waals surface area contributed by atoms with Crippen molar-refractivity contribution in [2.45, 2.75) is 6.10 Å². The summed E-state index contributed by atoms with van der Waals surface area (Å²) in [4.78, 5) is 28.2. The van der Waals surface area contributed by atoms with Crippen LogP contribution in [0.25, 0.3) is 0 Å². The van der Waals surface area contributed by atoms with Gasteiger partial charge in [0.1, 0.15) is 5.82 Å². The SMILES string of the molecule is COC(=O)C(O)CNC(=O)CN(C)c1ccc(Cl)cn1. The summed E-state index contributed by atoms with van der Waals surface area (Å²) in [5.74, 6) is -0.566. The fourth-order valence-corrected chi connectivity index (χ4v) is 1.49. The van der Waals surface area contributed by atoms with Gasteiger partial charge in [-0.25, -0.2) is 9.78 Å². The number of nitrogens with zero attached hydrogens (tertiary/aromatic N) is 2. The lowest BCUT2D eigenvalue weighted by molar-refractivity contribution is -0.150. The summed E-state index contributed by atoms with van der Waals surface area (Å²) in [6, 6.07) is 3.35. The van der Waals surface area contributed by atoms with Gasteiger partial charge >= 0.3 is 5.97 Å². The number of esters is 1. The summed E-state index contributed by atoms with van der Waals surface area (Å²) < 4.78 is 4.33. The first-order chi connectivity index (χ1) is 9.43. The van der Waals surface area contributed by atoms with Crippen LogP contribution < -0.4 is 10.2 Å². The molecule has 1 aromatic heterocycles. The van der Waals surface area contributed by atoms with Crippen LogP contribution in [0.2, 0.25) is 5.02 Å². The Morgan fingerprint density at radius 1 is 1.55 bits per heavy atom. The highest BCUT2D eigenvalue weighted by Crippen LogP contribution is 2.12. The van der Waals surface area contributed by atoms with E-state index >= 15 is 0 Å². The maximum atomic E-state index is 11.6. The van der Waals surface area contributed by atoms with E-state index in [9.17, 15) is 14.7 Å². The third-order valence-electron chi connectivity index (χ3n) is 2.45. The molecule has 20 heavy (non-hydrogen) atoms. The number of aromatic nitrogens is 1. The summed E-state index contributed by atoms with van der Waals surface area (Å²) in [6.45, 7) is -0.171. The summed E-state index contributed by atoms with van der Waals surface area (Å²) in [7, 11) is 2.85. The van der Waals surface area contributed by atoms with Crippen LogP contribution in [0.1, 0.15) is 0 Å². The summed E-state index contributed by atoms with van der Waals surface area (Å²) in [5, 5.41) is 12.3. The van der Waals surface area contributed by atoms with Gasteiger partial charge in [-0.05, 0) is 12.1 Å². The van der Waals surface area contributed by atoms with Gasteiger partial charge in [-0.2, -0.15) is 0 Å². The van der Waals surface area contributed by atoms with Crippen LogP contribution in [0, 0.1) is 0 Å². The van der Waals surface area contributed by atoms with Crippen LogP contribution in [0.15, 0.2) is 18.3 Å². The molecule has 1 rings (SSSR count). The molecule has 7 nitrogen and oxygen atoms in total. The highest BCUT2D eigenvalue weighted by Gasteiger charge is 2.16. The lowest BCUT2D eigenvalue weighted by Crippen LogP contribution is -2.41. The standard InChI is InChI=1S/C12H16ClN3O4/c1-16(10-4-3-8(13)5-14-10)7-11(18)15-6-9(17)12(19)20-2/h3-5,9,17H,6-7H2,1-2H3,(H,15,18). The molecule has 1 heterocycles. The first kappa shape index (κ1) is 16.2. The quantitative estimate of drug-likeness (QED) is 0.708. The Balaban J connectivity index is 2.42. The van der Waals surface area contributed by atoms with Crippen molar-refractivity contribution in [1.29, 1.82) is 0 Å². The molecule has 2 N–H and O–H groups in total. The van der Waals surface area contributed by atoms with E-state index in [1.165, 1.54) is 6.20 Å². The number of likely N-dealkylation sites (N-methyl/N-ethyl adjacent to an activating group) is 1. The van der Waals surface area contributed by atoms with E-state index in [2.05, 4.69) is 15.0 Å². The number of hydrogen-bond acceptors (Lipinski definition) is 6. The van der Waals surface area contributed by atoms with Crippen molar-refractivity contribution in [1.82, 2.24) is 10.3 Å². The van der Waals surface area contributed by atoms with E-state index in [4.69, 9.17) is 11.6 Å². The summed E-state index contributed by atoms with van der Waals surface area (Å²) in [6.07, 6.45) is 0.106. The first-order valence-corrected chi connectivity index (χ1v) is 6.17. The average molecular weight is 302 g/mol. The van der Waals surface area contributed by atoms with E-state index < -0.39 is 12.1 Å². The van der Waals surface area contributed by atoms with E-state index in [0.717, 1.165) is 7.11 Å². The van der Waals surface area contributed by atoms with E-state index in [1.807, 2.05) is 0 Å². The van der Waals surface area contributed by atoms with Crippen molar-refractivity contribution in [2.24, 2.45) is 0 Å². The summed E-state index contributed by atoms with van der Waals surface area (Å²) in [5.41, 5.74) is 0. The molecule has 1 unspecified atom stereocenters. The van der Waals surface area contributed by atoms with Crippen LogP contribution in [-0.4, -0.2) is 55.3 Å². The third-order valence-corrected chi connectivity index (χ3v) is 2.67. The van der Waals surface area contributed by atoms with Crippen molar-refractivity contribution in [3.8, 4) is 0 Å². The lowest BCUT2D eigenvalue weighted by atomic mass is 10.3. The van der Waals surface area contributed by atoms with Gasteiger partial charge in [-0.1, -0.05) is 11.6 Å². The van der Waals surface area contributed by atoms with Gasteiger partial charge in [0, 0.05) is 13.2 Å². The molecule has 0 aromatic carbocycles. The largest absolute Gasteiger partial charge is 0.467 e. The number of amides is 1. The molecule has 1 amide bonds. The second-order valence-electron chi connectivity index (χ2n) is 4.03. The van der Waals surface area contributed by atoms with E-state index in [0.29, 0.717) is 10.8 Å². The van der Waals surface area contributed by atoms with E-state index in [1.54, 1.807) is 24.1 Å². The van der Waals surface area contributed by atoms with Gasteiger partial charge in [-0.3, -0.25) is 4.79 Å². The Morgan fingerprint density at radius 2 is 2.25 bits per heavy atom. The Labute approximate surface area is 121 Å². The zero-order valence-electron chi connectivity index (χ0n) is 11.2. The zero-order chi connectivity index (χ0) is 15.1. The fraction of sp³-hybridized carbons (Fsp3) is 0.417. The maximum Gasteiger partial charge on any atom is 0.336 e. The van der Waals surface area contributed by atoms with Crippen LogP contribution in [0.5, 0.6) is 0 Å². The number of aliphatic hydroxyl groups is 1. The molecule has 0 fully saturated rings. The molecule has 8 heteroatoms. The van der Waals surface area contributed by atoms with Crippen LogP contribution in [0.4, 0.5) is 5.82 Å². The number of hydrogen-bond donors (Lipinski definition) is 2. The minimum Gasteiger partial charge on any atom is -0.467 e. The minimum atomic E-state index is -1.37. The van der Waals surface area contributed by atoms with Gasteiger partial charge in [0.2, 0.25) is 5.91 Å². The predicted octanol–water partition coefficient (Wildman–Crippen LogP) is -0.179. The first-order valence-electron chi connectivity index (χ1n) is 5.79. The number of pyridine rings is 1. The number of ether oxygens (including phenoxy) is 1. The van der Waals surface area contributed by atoms with Gasteiger partial charge in [0.25, 0.3) is 0 Å². The highest BCUT2D eigenvalue weighted by atomic mass is 35.5. The van der Waals surface area contributed by atoms with Crippen LogP contribution in [0.3, 0.4) is 0 Å². The highest BCUT2D eigenvalue weighted by molar-refractivity contribution is 6.30. The molecule has 0 aliphatic heterocycles. The normalized spacial score (nSPS) is 11.6. The fourth-order valence-electron chi connectivity index (χ4n) is 1.38. The third kappa shape index (κ3) is 5.02. The Hall–Kier alpha value is -1.86. The smallest absolute Gasteiger partial charge is 0.336 e. The molecule has 0 aliphatic rings. The van der Waals surface area contributed by atoms with Gasteiger partial charge in [-0.15, -0.1) is 0 Å². The number of methoxy groups -OCH3 is 1. The molecule has 110 valence electrons. The molecule has 0 radical (unpaired) electrons. The molecule has 1 aromatic rings. The predicted molar refractivity (Wildman–Crippen MR) is 73.5 cm³/mol. The lowest BCUT2D eigenvalue weighted by Gasteiger charge is -2.18. The van der Waals surface area contributed by atoms with Crippen molar-refractivity contribution >= 4 is 29.3 Å². The molecule has 1 atom stereocenters. The zero-order valence-corrected chi connectivity index (χ0v) is 11.9. The number of aliphatic hydroxyl groups excluding tert-OH is 1. The van der Waals surface area contributed by atoms with Crippen molar-refractivity contribution in [2.75, 3.05) is 32.1 Å². The molecule has 0 aliphatic carbocycles. The van der Waals surface area contributed by atoms with Crippen LogP contribution in [-0.2, 0) is 14.3 Å². The molecular formula is C12H16ClN3O4. The topological polar surface area (TPSA) is 91.8 Å². The van der Waals surface area contributed by atoms with E-state index in [-0.39, 0.29) is 19.0 Å². The summed E-state index contributed by atoms with van der Waals surface area (Å²) >= 11 is 5.72. The van der Waals surface area contributed by atoms with Crippen molar-refractivity contribution < 1.29 is 19.4 Å². The Kier molecular flexibility index (Phi) is 6.20. The number of carbonyl (C=O) groups is 2. The van der Waals surface area contributed by atoms with Crippen molar-refractivity contribution in [3.63, 3.8) is 0 Å². The second-order valence-corrected chi connectivity index (χ2v) is 4.47. The average Bonchev–Trinajstić information content (AvgIpc) is 2.44.